The molecular weight excluding hydrogens is 723 g/mol. The molecule has 46 heavy (non-hydrogen) atoms. The van der Waals surface area contributed by atoms with Crippen LogP contribution in [0.3, 0.4) is 0 Å². The van der Waals surface area contributed by atoms with Crippen molar-refractivity contribution in [3.8, 4) is 0 Å². The Kier molecular flexibility index (Phi) is 37.9. The predicted molar refractivity (Wildman–Crippen MR) is 204 cm³/mol. The SMILES string of the molecule is C.C[Si]1(CCCCO)CCC=CCC1.C[Si]1(CCCCO)CCC=CCC1.C[Si]1(CCCCO)CCC=CCC1.O=[N+]([O-])O.[Ag+].[CH3-]. The van der Waals surface area contributed by atoms with Gasteiger partial charge in [0.2, 0.25) is 0 Å². The Morgan fingerprint density at radius 1 is 0.543 bits per heavy atom. The molecule has 0 aromatic carbocycles. The molecule has 3 aliphatic rings. The molecule has 0 unspecified atom stereocenters. The van der Waals surface area contributed by atoms with Gasteiger partial charge >= 0.3 is 22.4 Å². The molecule has 7 nitrogen and oxygen atoms in total. The Bertz CT molecular complexity index is 661. The summed E-state index contributed by atoms with van der Waals surface area (Å²) < 4.78 is 0. The Balaban J connectivity index is -0.000000263. The second kappa shape index (κ2) is 33.2. The van der Waals surface area contributed by atoms with Crippen LogP contribution >= 0.6 is 0 Å². The van der Waals surface area contributed by atoms with Gasteiger partial charge in [0.1, 0.15) is 0 Å². The van der Waals surface area contributed by atoms with Crippen molar-refractivity contribution in [2.24, 2.45) is 0 Å². The summed E-state index contributed by atoms with van der Waals surface area (Å²) >= 11 is 0. The molecule has 0 saturated carbocycles. The van der Waals surface area contributed by atoms with Crippen LogP contribution in [-0.4, -0.2) is 69.7 Å². The molecular formula is C35H74AgNO6Si3. The number of aliphatic hydroxyl groups excluding tert-OH is 3. The van der Waals surface area contributed by atoms with Crippen LogP contribution in [0.1, 0.15) is 84.5 Å². The number of hydrogen-bond acceptors (Lipinski definition) is 5. The van der Waals surface area contributed by atoms with E-state index in [1.807, 2.05) is 0 Å². The van der Waals surface area contributed by atoms with Crippen molar-refractivity contribution in [2.45, 2.75) is 159 Å². The van der Waals surface area contributed by atoms with Crippen molar-refractivity contribution >= 4 is 24.2 Å². The van der Waals surface area contributed by atoms with Gasteiger partial charge in [-0.05, 0) is 57.8 Å². The normalized spacial score (nSPS) is 18.7. The van der Waals surface area contributed by atoms with E-state index >= 15 is 0 Å². The maximum absolute atomic E-state index is 8.74. The van der Waals surface area contributed by atoms with E-state index < -0.39 is 29.3 Å². The molecule has 0 spiro atoms. The van der Waals surface area contributed by atoms with Gasteiger partial charge in [-0.15, -0.1) is 10.1 Å². The molecule has 0 radical (unpaired) electrons. The number of allylic oxidation sites excluding steroid dienone is 6. The van der Waals surface area contributed by atoms with Gasteiger partial charge in [0, 0.05) is 19.8 Å². The summed E-state index contributed by atoms with van der Waals surface area (Å²) in [5, 5.41) is 39.9. The Morgan fingerprint density at radius 3 is 0.870 bits per heavy atom. The fourth-order valence-electron chi connectivity index (χ4n) is 6.41. The number of aliphatic hydroxyl groups is 3. The fraction of sp³-hybridized carbons (Fsp3) is 0.800. The topological polar surface area (TPSA) is 124 Å². The largest absolute Gasteiger partial charge is 1.00 e. The van der Waals surface area contributed by atoms with Gasteiger partial charge < -0.3 is 28.0 Å². The van der Waals surface area contributed by atoms with Crippen molar-refractivity contribution in [1.82, 2.24) is 0 Å². The molecule has 4 N–H and O–H groups in total. The minimum atomic E-state index is -1.50. The molecule has 278 valence electrons. The Labute approximate surface area is 303 Å². The first-order valence-corrected chi connectivity index (χ1v) is 26.5. The van der Waals surface area contributed by atoms with E-state index in [4.69, 9.17) is 30.6 Å². The molecule has 11 heteroatoms. The summed E-state index contributed by atoms with van der Waals surface area (Å²) in [6.45, 7) is 8.75. The van der Waals surface area contributed by atoms with Crippen LogP contribution in [0.5, 0.6) is 0 Å². The van der Waals surface area contributed by atoms with E-state index in [9.17, 15) is 0 Å². The van der Waals surface area contributed by atoms with Crippen LogP contribution in [0.2, 0.25) is 74.0 Å². The van der Waals surface area contributed by atoms with Gasteiger partial charge in [-0.3, -0.25) is 0 Å². The monoisotopic (exact) mass is 795 g/mol. The number of rotatable bonds is 12. The summed E-state index contributed by atoms with van der Waals surface area (Å²) in [5.41, 5.74) is 0. The van der Waals surface area contributed by atoms with Crippen LogP contribution in [0.4, 0.5) is 0 Å². The smallest absolute Gasteiger partial charge is 0.396 e. The molecule has 0 aromatic heterocycles. The van der Waals surface area contributed by atoms with Crippen molar-refractivity contribution in [3.05, 3.63) is 54.0 Å². The molecule has 3 aliphatic heterocycles. The van der Waals surface area contributed by atoms with E-state index in [0.717, 1.165) is 19.3 Å². The van der Waals surface area contributed by atoms with Gasteiger partial charge in [0.25, 0.3) is 5.09 Å². The second-order valence-electron chi connectivity index (χ2n) is 13.9. The van der Waals surface area contributed by atoms with Crippen LogP contribution in [-0.2, 0) is 22.4 Å². The van der Waals surface area contributed by atoms with E-state index in [0.29, 0.717) is 19.8 Å². The summed E-state index contributed by atoms with van der Waals surface area (Å²) in [6, 6.07) is 13.1. The molecule has 0 aliphatic carbocycles. The van der Waals surface area contributed by atoms with Crippen molar-refractivity contribution < 1.29 is 48.0 Å². The van der Waals surface area contributed by atoms with E-state index in [-0.39, 0.29) is 37.2 Å². The van der Waals surface area contributed by atoms with Gasteiger partial charge in [-0.1, -0.05) is 137 Å². The number of unbranched alkanes of at least 4 members (excludes halogenated alkanes) is 3. The summed E-state index contributed by atoms with van der Waals surface area (Å²) in [7, 11) is -2.69. The first kappa shape index (κ1) is 52.5. The zero-order valence-electron chi connectivity index (χ0n) is 29.3. The van der Waals surface area contributed by atoms with Crippen molar-refractivity contribution in [1.29, 1.82) is 0 Å². The van der Waals surface area contributed by atoms with Crippen LogP contribution in [0.25, 0.3) is 0 Å². The third-order valence-electron chi connectivity index (χ3n) is 9.55. The maximum Gasteiger partial charge on any atom is 1.00 e. The summed E-state index contributed by atoms with van der Waals surface area (Å²) in [6.07, 6.45) is 28.7. The molecule has 0 fully saturated rings. The van der Waals surface area contributed by atoms with Crippen LogP contribution in [0, 0.1) is 17.5 Å². The van der Waals surface area contributed by atoms with Gasteiger partial charge in [-0.2, -0.15) is 0 Å². The Morgan fingerprint density at radius 2 is 0.717 bits per heavy atom. The second-order valence-corrected chi connectivity index (χ2v) is 29.2. The van der Waals surface area contributed by atoms with Gasteiger partial charge in [-0.25, -0.2) is 0 Å². The molecule has 0 amide bonds. The maximum atomic E-state index is 8.74. The molecule has 0 saturated heterocycles. The van der Waals surface area contributed by atoms with Crippen LogP contribution in [0.15, 0.2) is 36.5 Å². The Hall–Kier alpha value is -0.309. The summed E-state index contributed by atoms with van der Waals surface area (Å²) in [4.78, 5) is 8.36. The third kappa shape index (κ3) is 31.0. The minimum Gasteiger partial charge on any atom is -0.396 e. The number of nitrogens with zero attached hydrogens (tertiary/aromatic N) is 1. The molecule has 0 atom stereocenters. The summed E-state index contributed by atoms with van der Waals surface area (Å²) in [5.74, 6) is 0. The predicted octanol–water partition coefficient (Wildman–Crippen LogP) is 10.3. The first-order valence-electron chi connectivity index (χ1n) is 17.1. The molecule has 0 aromatic rings. The first-order chi connectivity index (χ1) is 20.5. The minimum absolute atomic E-state index is 0. The molecule has 3 rings (SSSR count). The number of hydrogen-bond donors (Lipinski definition) is 4. The third-order valence-corrected chi connectivity index (χ3v) is 23.2. The van der Waals surface area contributed by atoms with Gasteiger partial charge in [0.15, 0.2) is 0 Å². The average molecular weight is 797 g/mol. The quantitative estimate of drug-likeness (QED) is 0.0389. The van der Waals surface area contributed by atoms with E-state index in [2.05, 4.69) is 56.1 Å². The van der Waals surface area contributed by atoms with Gasteiger partial charge in [0.05, 0.1) is 24.2 Å². The van der Waals surface area contributed by atoms with E-state index in [1.165, 1.54) is 112 Å². The van der Waals surface area contributed by atoms with Crippen LogP contribution < -0.4 is 0 Å². The average Bonchev–Trinajstić information content (AvgIpc) is 3.41. The van der Waals surface area contributed by atoms with Crippen molar-refractivity contribution in [2.75, 3.05) is 19.8 Å². The zero-order chi connectivity index (χ0) is 32.3. The van der Waals surface area contributed by atoms with E-state index in [1.54, 1.807) is 0 Å². The standard InChI is InChI=1S/3C11H22OSi.CH4.CH3.Ag.HNO3/c3*1-13(11-7-4-8-12)9-5-2-3-6-10-13;;;;2-1(3)4/h3*2-3,12H,4-11H2,1H3;1H4;1H3;;(H,2,3,4)/q;;;;-1;+1;. The zero-order valence-corrected chi connectivity index (χ0v) is 33.8. The van der Waals surface area contributed by atoms with Crippen molar-refractivity contribution in [3.63, 3.8) is 0 Å². The molecule has 0 bridgehead atoms. The molecule has 3 heterocycles. The fourth-order valence-corrected chi connectivity index (χ4v) is 17.2.